The van der Waals surface area contributed by atoms with Crippen LogP contribution in [0.15, 0.2) is 36.4 Å². The van der Waals surface area contributed by atoms with Crippen molar-refractivity contribution in [1.82, 2.24) is 20.9 Å². The summed E-state index contributed by atoms with van der Waals surface area (Å²) in [6.07, 6.45) is 5.03. The lowest BCUT2D eigenvalue weighted by atomic mass is 9.84. The molecule has 1 saturated carbocycles. The molecular formula is C40H58N6O9. The summed E-state index contributed by atoms with van der Waals surface area (Å²) in [7, 11) is 0. The van der Waals surface area contributed by atoms with Crippen LogP contribution in [0.4, 0.5) is 4.79 Å². The molecule has 0 spiro atoms. The van der Waals surface area contributed by atoms with E-state index in [4.69, 9.17) is 20.9 Å². The minimum Gasteiger partial charge on any atom is -0.352 e. The summed E-state index contributed by atoms with van der Waals surface area (Å²) in [5.74, 6) is -4.35. The summed E-state index contributed by atoms with van der Waals surface area (Å²) in [5.41, 5.74) is 12.7. The van der Waals surface area contributed by atoms with Crippen LogP contribution >= 0.6 is 0 Å². The largest absolute Gasteiger partial charge is 0.352 e. The van der Waals surface area contributed by atoms with Gasteiger partial charge in [-0.3, -0.25) is 33.7 Å². The molecule has 2 aliphatic heterocycles. The van der Waals surface area contributed by atoms with Crippen molar-refractivity contribution in [1.29, 1.82) is 0 Å². The summed E-state index contributed by atoms with van der Waals surface area (Å²) in [4.78, 5) is 90.8. The maximum absolute atomic E-state index is 14.1. The van der Waals surface area contributed by atoms with Gasteiger partial charge in [0.15, 0.2) is 11.6 Å². The van der Waals surface area contributed by atoms with Crippen LogP contribution in [0.1, 0.15) is 90.2 Å². The van der Waals surface area contributed by atoms with Gasteiger partial charge in [0.2, 0.25) is 11.8 Å². The Morgan fingerprint density at radius 2 is 1.62 bits per heavy atom. The van der Waals surface area contributed by atoms with Crippen molar-refractivity contribution in [3.8, 4) is 0 Å². The van der Waals surface area contributed by atoms with Gasteiger partial charge in [-0.2, -0.15) is 0 Å². The van der Waals surface area contributed by atoms with Gasteiger partial charge in [0.25, 0.3) is 11.8 Å². The number of nitrogens with zero attached hydrogens (tertiary/aromatic N) is 1. The predicted molar refractivity (Wildman–Crippen MR) is 203 cm³/mol. The second kappa shape index (κ2) is 19.9. The number of fused-ring (bicyclic) bond motifs is 1. The van der Waals surface area contributed by atoms with E-state index in [-0.39, 0.29) is 74.0 Å². The molecule has 15 heteroatoms. The number of rotatable bonds is 22. The van der Waals surface area contributed by atoms with E-state index in [0.717, 1.165) is 17.5 Å². The number of primary amides is 1. The molecule has 302 valence electrons. The lowest BCUT2D eigenvalue weighted by Crippen LogP contribution is -2.49. The Morgan fingerprint density at radius 1 is 0.945 bits per heavy atom. The zero-order valence-electron chi connectivity index (χ0n) is 32.5. The third-order valence-corrected chi connectivity index (χ3v) is 10.5. The van der Waals surface area contributed by atoms with Crippen LogP contribution in [0.25, 0.3) is 0 Å². The fourth-order valence-corrected chi connectivity index (χ4v) is 7.56. The molecule has 1 aliphatic carbocycles. The number of ether oxygens (including phenoxy) is 2. The van der Waals surface area contributed by atoms with Gasteiger partial charge in [0.1, 0.15) is 11.9 Å². The topological polar surface area (TPSA) is 229 Å². The third-order valence-electron chi connectivity index (χ3n) is 10.5. The Balaban J connectivity index is 1.39. The highest BCUT2D eigenvalue weighted by Gasteiger charge is 2.55. The first-order valence-electron chi connectivity index (χ1n) is 19.4. The molecule has 4 rings (SSSR count). The number of imide groups is 1. The highest BCUT2D eigenvalue weighted by Crippen LogP contribution is 2.42. The second-order valence-electron chi connectivity index (χ2n) is 15.6. The first-order chi connectivity index (χ1) is 26.1. The fraction of sp³-hybridized carbons (Fsp3) is 0.625. The molecule has 1 unspecified atom stereocenters. The van der Waals surface area contributed by atoms with Gasteiger partial charge in [0, 0.05) is 56.3 Å². The summed E-state index contributed by atoms with van der Waals surface area (Å²) >= 11 is 0. The van der Waals surface area contributed by atoms with E-state index in [9.17, 15) is 33.6 Å². The first kappa shape index (κ1) is 43.3. The maximum atomic E-state index is 14.1. The second-order valence-corrected chi connectivity index (χ2v) is 15.6. The van der Waals surface area contributed by atoms with Crippen molar-refractivity contribution in [3.63, 3.8) is 0 Å². The molecule has 3 aliphatic rings. The van der Waals surface area contributed by atoms with E-state index in [0.29, 0.717) is 38.6 Å². The van der Waals surface area contributed by atoms with Gasteiger partial charge in [0.05, 0.1) is 18.2 Å². The molecule has 0 radical (unpaired) electrons. The van der Waals surface area contributed by atoms with Crippen LogP contribution in [0.3, 0.4) is 0 Å². The van der Waals surface area contributed by atoms with Gasteiger partial charge < -0.3 is 36.9 Å². The molecule has 1 aromatic rings. The van der Waals surface area contributed by atoms with Crippen LogP contribution in [-0.4, -0.2) is 95.8 Å². The monoisotopic (exact) mass is 766 g/mol. The van der Waals surface area contributed by atoms with E-state index in [1.165, 1.54) is 17.1 Å². The van der Waals surface area contributed by atoms with Crippen LogP contribution in [0, 0.1) is 17.8 Å². The van der Waals surface area contributed by atoms with E-state index < -0.39 is 53.9 Å². The number of ketones is 2. The Hall–Kier alpha value is -4.47. The molecule has 6 amide bonds. The van der Waals surface area contributed by atoms with E-state index >= 15 is 0 Å². The van der Waals surface area contributed by atoms with Crippen molar-refractivity contribution >= 4 is 41.2 Å². The lowest BCUT2D eigenvalue weighted by molar-refractivity contribution is -0.161. The van der Waals surface area contributed by atoms with Crippen molar-refractivity contribution in [2.24, 2.45) is 29.2 Å². The normalized spacial score (nSPS) is 22.4. The summed E-state index contributed by atoms with van der Waals surface area (Å²) in [5, 5.41) is 8.46. The zero-order chi connectivity index (χ0) is 40.3. The minimum absolute atomic E-state index is 0.0836. The van der Waals surface area contributed by atoms with E-state index in [2.05, 4.69) is 16.0 Å². The van der Waals surface area contributed by atoms with Gasteiger partial charge >= 0.3 is 6.03 Å². The number of urea groups is 1. The molecule has 0 aromatic heterocycles. The number of Topliss-reactive ketones (excluding diaryl/α,β-unsaturated/α-hetero) is 2. The van der Waals surface area contributed by atoms with Crippen LogP contribution < -0.4 is 27.4 Å². The summed E-state index contributed by atoms with van der Waals surface area (Å²) < 4.78 is 12.3. The third kappa shape index (κ3) is 12.5. The number of amides is 6. The van der Waals surface area contributed by atoms with E-state index in [1.54, 1.807) is 13.8 Å². The number of hydrogen-bond donors (Lipinski definition) is 5. The van der Waals surface area contributed by atoms with Gasteiger partial charge in [-0.05, 0) is 76.0 Å². The number of nitrogens with one attached hydrogen (secondary N) is 3. The highest BCUT2D eigenvalue weighted by atomic mass is 16.8. The number of carbonyl (C=O) groups excluding carboxylic acids is 7. The average molecular weight is 767 g/mol. The first-order valence-corrected chi connectivity index (χ1v) is 19.4. The number of unbranched alkanes of at least 4 members (excludes halogenated alkanes) is 2. The molecule has 2 heterocycles. The standard InChI is InChI=1S/C40H58N6O9/c1-24(2)27(38(52)44-29(9-8-19-43-39(42)53)31(48)21-26-13-11-25(12-14-26)17-18-41)22-30(47)28-23-32-37(55-40(3,4)54-32)36(28)45-33(49)10-6-5-7-20-46-34(50)15-16-35(46)51/h11-16,24,27-29,32,36-37H,5-10,17-23,41H2,1-4H3,(H,44,52)(H,45,49)(H3,42,43,53)/t27-,28-,29?,32+,36-,37+/m1/s1. The van der Waals surface area contributed by atoms with E-state index in [1.807, 2.05) is 38.1 Å². The molecular weight excluding hydrogens is 708 g/mol. The van der Waals surface area contributed by atoms with Crippen molar-refractivity contribution in [3.05, 3.63) is 47.5 Å². The molecule has 55 heavy (non-hydrogen) atoms. The zero-order valence-corrected chi connectivity index (χ0v) is 32.5. The molecule has 0 bridgehead atoms. The smallest absolute Gasteiger partial charge is 0.312 e. The Labute approximate surface area is 323 Å². The molecule has 1 aromatic carbocycles. The maximum Gasteiger partial charge on any atom is 0.312 e. The molecule has 1 saturated heterocycles. The quantitative estimate of drug-likeness (QED) is 0.0851. The van der Waals surface area contributed by atoms with Crippen LogP contribution in [0.2, 0.25) is 0 Å². The number of nitrogens with two attached hydrogens (primary N) is 2. The highest BCUT2D eigenvalue weighted by molar-refractivity contribution is 6.12. The van der Waals surface area contributed by atoms with Gasteiger partial charge in [-0.1, -0.05) is 44.5 Å². The molecule has 15 nitrogen and oxygen atoms in total. The number of benzene rings is 1. The molecule has 6 atom stereocenters. The fourth-order valence-electron chi connectivity index (χ4n) is 7.56. The predicted octanol–water partition coefficient (Wildman–Crippen LogP) is 1.97. The van der Waals surface area contributed by atoms with Crippen molar-refractivity contribution in [2.45, 2.75) is 122 Å². The van der Waals surface area contributed by atoms with Crippen molar-refractivity contribution in [2.75, 3.05) is 19.6 Å². The SMILES string of the molecule is CC(C)[C@@H](CC(=O)[C@H]1C[C@@H]2OC(C)(C)O[C@@H]2[C@@H]1NC(=O)CCCCCN1C(=O)C=CC1=O)C(=O)NC(CCCNC(N)=O)C(=O)Cc1ccc(CCN)cc1. The van der Waals surface area contributed by atoms with Crippen LogP contribution in [0.5, 0.6) is 0 Å². The van der Waals surface area contributed by atoms with Crippen LogP contribution in [-0.2, 0) is 51.1 Å². The van der Waals surface area contributed by atoms with Gasteiger partial charge in [-0.25, -0.2) is 4.79 Å². The Kier molecular flexibility index (Phi) is 15.7. The summed E-state index contributed by atoms with van der Waals surface area (Å²) in [6.45, 7) is 8.27. The summed E-state index contributed by atoms with van der Waals surface area (Å²) in [6, 6.07) is 5.37. The number of carbonyl (C=O) groups is 7. The molecule has 2 fully saturated rings. The molecule has 7 N–H and O–H groups in total. The van der Waals surface area contributed by atoms with Gasteiger partial charge in [-0.15, -0.1) is 0 Å². The lowest BCUT2D eigenvalue weighted by Gasteiger charge is -2.29. The minimum atomic E-state index is -0.896. The number of hydrogen-bond acceptors (Lipinski definition) is 10. The average Bonchev–Trinajstić information content (AvgIpc) is 3.73. The van der Waals surface area contributed by atoms with Crippen molar-refractivity contribution < 1.29 is 43.0 Å². The Morgan fingerprint density at radius 3 is 2.25 bits per heavy atom. The Bertz CT molecular complexity index is 1580.